The van der Waals surface area contributed by atoms with Crippen molar-refractivity contribution in [3.63, 3.8) is 0 Å². The Morgan fingerprint density at radius 1 is 1.27 bits per heavy atom. The first-order valence-electron chi connectivity index (χ1n) is 9.15. The van der Waals surface area contributed by atoms with Crippen molar-refractivity contribution in [2.45, 2.75) is 32.9 Å². The summed E-state index contributed by atoms with van der Waals surface area (Å²) in [6, 6.07) is 10.2. The molecule has 3 rings (SSSR count). The molecule has 0 radical (unpaired) electrons. The average Bonchev–Trinajstić information content (AvgIpc) is 2.89. The van der Waals surface area contributed by atoms with Crippen molar-refractivity contribution in [1.29, 1.82) is 0 Å². The molecule has 1 aromatic carbocycles. The molecule has 2 aromatic rings. The minimum absolute atomic E-state index is 0.0807. The molecule has 140 valence electrons. The van der Waals surface area contributed by atoms with E-state index in [4.69, 9.17) is 11.6 Å². The molecule has 0 bridgehead atoms. The first-order chi connectivity index (χ1) is 12.5. The quantitative estimate of drug-likeness (QED) is 0.807. The highest BCUT2D eigenvalue weighted by atomic mass is 35.5. The van der Waals surface area contributed by atoms with E-state index in [0.29, 0.717) is 11.7 Å². The minimum Gasteiger partial charge on any atom is -0.349 e. The molecule has 2 heterocycles. The smallest absolute Gasteiger partial charge is 0.226 e. The summed E-state index contributed by atoms with van der Waals surface area (Å²) < 4.78 is 1.87. The van der Waals surface area contributed by atoms with E-state index in [1.165, 1.54) is 5.56 Å². The van der Waals surface area contributed by atoms with Gasteiger partial charge in [-0.15, -0.1) is 0 Å². The van der Waals surface area contributed by atoms with Gasteiger partial charge in [0.2, 0.25) is 5.91 Å². The van der Waals surface area contributed by atoms with Crippen molar-refractivity contribution in [3.05, 3.63) is 52.3 Å². The SMILES string of the molecule is Cc1nn(Cc2ccccc2)c(Cl)c1CN1CCCC(C(=O)N(C)C)C1. The van der Waals surface area contributed by atoms with Gasteiger partial charge < -0.3 is 4.90 Å². The number of likely N-dealkylation sites (tertiary alicyclic amines) is 1. The van der Waals surface area contributed by atoms with Gasteiger partial charge in [-0.25, -0.2) is 4.68 Å². The lowest BCUT2D eigenvalue weighted by Crippen LogP contribution is -2.42. The molecule has 1 aliphatic heterocycles. The second-order valence-electron chi connectivity index (χ2n) is 7.30. The fourth-order valence-corrected chi connectivity index (χ4v) is 3.91. The predicted octanol–water partition coefficient (Wildman–Crippen LogP) is 3.19. The minimum atomic E-state index is 0.0807. The van der Waals surface area contributed by atoms with Crippen molar-refractivity contribution < 1.29 is 4.79 Å². The molecule has 1 atom stereocenters. The Balaban J connectivity index is 1.71. The summed E-state index contributed by atoms with van der Waals surface area (Å²) in [5.74, 6) is 0.300. The summed E-state index contributed by atoms with van der Waals surface area (Å²) in [7, 11) is 3.66. The third-order valence-electron chi connectivity index (χ3n) is 5.04. The Morgan fingerprint density at radius 2 is 2.00 bits per heavy atom. The summed E-state index contributed by atoms with van der Waals surface area (Å²) in [5.41, 5.74) is 3.21. The number of rotatable bonds is 5. The fraction of sp³-hybridized carbons (Fsp3) is 0.500. The number of hydrogen-bond donors (Lipinski definition) is 0. The van der Waals surface area contributed by atoms with E-state index in [0.717, 1.165) is 43.7 Å². The zero-order chi connectivity index (χ0) is 18.7. The van der Waals surface area contributed by atoms with Crippen LogP contribution in [0.2, 0.25) is 5.15 Å². The fourth-order valence-electron chi connectivity index (χ4n) is 3.62. The van der Waals surface area contributed by atoms with Crippen LogP contribution in [-0.2, 0) is 17.9 Å². The second-order valence-corrected chi connectivity index (χ2v) is 7.66. The van der Waals surface area contributed by atoms with E-state index in [1.54, 1.807) is 4.90 Å². The van der Waals surface area contributed by atoms with E-state index in [2.05, 4.69) is 22.1 Å². The lowest BCUT2D eigenvalue weighted by molar-refractivity contribution is -0.134. The molecule has 0 N–H and O–H groups in total. The molecular formula is C20H27ClN4O. The van der Waals surface area contributed by atoms with Crippen molar-refractivity contribution in [3.8, 4) is 0 Å². The third-order valence-corrected chi connectivity index (χ3v) is 5.46. The standard InChI is InChI=1S/C20H27ClN4O/c1-15-18(14-24-11-7-10-17(13-24)20(26)23(2)3)19(21)25(22-15)12-16-8-5-4-6-9-16/h4-6,8-9,17H,7,10-14H2,1-3H3. The van der Waals surface area contributed by atoms with Gasteiger partial charge >= 0.3 is 0 Å². The number of amides is 1. The third kappa shape index (κ3) is 4.27. The van der Waals surface area contributed by atoms with E-state index in [1.807, 2.05) is 43.9 Å². The molecule has 6 heteroatoms. The van der Waals surface area contributed by atoms with Crippen LogP contribution in [0.3, 0.4) is 0 Å². The van der Waals surface area contributed by atoms with Gasteiger partial charge in [0, 0.05) is 32.7 Å². The van der Waals surface area contributed by atoms with Gasteiger partial charge in [0.15, 0.2) is 0 Å². The van der Waals surface area contributed by atoms with Crippen molar-refractivity contribution in [2.24, 2.45) is 5.92 Å². The van der Waals surface area contributed by atoms with Crippen LogP contribution < -0.4 is 0 Å². The van der Waals surface area contributed by atoms with Crippen LogP contribution in [0.25, 0.3) is 0 Å². The number of halogens is 1. The highest BCUT2D eigenvalue weighted by Crippen LogP contribution is 2.26. The monoisotopic (exact) mass is 374 g/mol. The van der Waals surface area contributed by atoms with Crippen LogP contribution in [0.1, 0.15) is 29.7 Å². The summed E-state index contributed by atoms with van der Waals surface area (Å²) in [4.78, 5) is 16.3. The van der Waals surface area contributed by atoms with Crippen LogP contribution in [0, 0.1) is 12.8 Å². The van der Waals surface area contributed by atoms with Crippen LogP contribution in [0.4, 0.5) is 0 Å². The molecule has 26 heavy (non-hydrogen) atoms. The largest absolute Gasteiger partial charge is 0.349 e. The molecule has 5 nitrogen and oxygen atoms in total. The second kappa shape index (κ2) is 8.23. The van der Waals surface area contributed by atoms with Crippen molar-refractivity contribution in [2.75, 3.05) is 27.2 Å². The average molecular weight is 375 g/mol. The molecule has 1 saturated heterocycles. The molecule has 1 aliphatic rings. The van der Waals surface area contributed by atoms with E-state index < -0.39 is 0 Å². The summed E-state index contributed by atoms with van der Waals surface area (Å²) in [5, 5.41) is 5.34. The van der Waals surface area contributed by atoms with Gasteiger partial charge in [-0.2, -0.15) is 5.10 Å². The highest BCUT2D eigenvalue weighted by Gasteiger charge is 2.28. The van der Waals surface area contributed by atoms with Crippen molar-refractivity contribution >= 4 is 17.5 Å². The van der Waals surface area contributed by atoms with Gasteiger partial charge in [-0.3, -0.25) is 9.69 Å². The number of nitrogens with zero attached hydrogens (tertiary/aromatic N) is 4. The summed E-state index contributed by atoms with van der Waals surface area (Å²) in [6.45, 7) is 5.21. The van der Waals surface area contributed by atoms with E-state index in [9.17, 15) is 4.79 Å². The Morgan fingerprint density at radius 3 is 2.69 bits per heavy atom. The van der Waals surface area contributed by atoms with Gasteiger partial charge in [-0.1, -0.05) is 41.9 Å². The van der Waals surface area contributed by atoms with Crippen LogP contribution >= 0.6 is 11.6 Å². The van der Waals surface area contributed by atoms with Crippen LogP contribution in [0.5, 0.6) is 0 Å². The Hall–Kier alpha value is -1.85. The summed E-state index contributed by atoms with van der Waals surface area (Å²) >= 11 is 6.65. The number of carbonyl (C=O) groups excluding carboxylic acids is 1. The van der Waals surface area contributed by atoms with Crippen LogP contribution in [0.15, 0.2) is 30.3 Å². The van der Waals surface area contributed by atoms with Gasteiger partial charge in [0.25, 0.3) is 0 Å². The molecule has 1 amide bonds. The number of carbonyl (C=O) groups is 1. The summed E-state index contributed by atoms with van der Waals surface area (Å²) in [6.07, 6.45) is 2.01. The van der Waals surface area contributed by atoms with Gasteiger partial charge in [0.05, 0.1) is 18.2 Å². The Labute approximate surface area is 160 Å². The first kappa shape index (κ1) is 18.9. The molecule has 1 unspecified atom stereocenters. The Kier molecular flexibility index (Phi) is 5.99. The number of benzene rings is 1. The molecular weight excluding hydrogens is 348 g/mol. The van der Waals surface area contributed by atoms with Crippen molar-refractivity contribution in [1.82, 2.24) is 19.6 Å². The first-order valence-corrected chi connectivity index (χ1v) is 9.52. The lowest BCUT2D eigenvalue weighted by Gasteiger charge is -2.33. The predicted molar refractivity (Wildman–Crippen MR) is 104 cm³/mol. The number of piperidine rings is 1. The zero-order valence-electron chi connectivity index (χ0n) is 15.8. The molecule has 1 fully saturated rings. The maximum atomic E-state index is 12.3. The number of hydrogen-bond acceptors (Lipinski definition) is 3. The Bertz CT molecular complexity index is 757. The molecule has 1 aromatic heterocycles. The van der Waals surface area contributed by atoms with Crippen LogP contribution in [-0.4, -0.2) is 52.7 Å². The molecule has 0 spiro atoms. The molecule has 0 saturated carbocycles. The topological polar surface area (TPSA) is 41.4 Å². The van der Waals surface area contributed by atoms with Gasteiger partial charge in [0.1, 0.15) is 5.15 Å². The van der Waals surface area contributed by atoms with E-state index >= 15 is 0 Å². The van der Waals surface area contributed by atoms with Gasteiger partial charge in [-0.05, 0) is 31.9 Å². The molecule has 0 aliphatic carbocycles. The zero-order valence-corrected chi connectivity index (χ0v) is 16.5. The number of aromatic nitrogens is 2. The van der Waals surface area contributed by atoms with E-state index in [-0.39, 0.29) is 11.8 Å². The maximum Gasteiger partial charge on any atom is 0.226 e. The maximum absolute atomic E-state index is 12.3. The highest BCUT2D eigenvalue weighted by molar-refractivity contribution is 6.30. The number of aryl methyl sites for hydroxylation is 1. The lowest BCUT2D eigenvalue weighted by atomic mass is 9.96. The normalized spacial score (nSPS) is 18.1.